The summed E-state index contributed by atoms with van der Waals surface area (Å²) in [5.74, 6) is 0.898. The van der Waals surface area contributed by atoms with Crippen LogP contribution in [0.3, 0.4) is 0 Å². The quantitative estimate of drug-likeness (QED) is 0.666. The molecule has 0 radical (unpaired) electrons. The van der Waals surface area contributed by atoms with Crippen LogP contribution in [0.5, 0.6) is 0 Å². The lowest BCUT2D eigenvalue weighted by atomic mass is 9.95. The Morgan fingerprint density at radius 3 is 2.83 bits per heavy atom. The summed E-state index contributed by atoms with van der Waals surface area (Å²) in [5.41, 5.74) is 2.43. The molecule has 1 fully saturated rings. The molecule has 4 rings (SSSR count). The number of piperidine rings is 1. The van der Waals surface area contributed by atoms with E-state index in [9.17, 15) is 4.79 Å². The summed E-state index contributed by atoms with van der Waals surface area (Å²) in [4.78, 5) is 25.1. The van der Waals surface area contributed by atoms with Gasteiger partial charge in [-0.05, 0) is 41.8 Å². The van der Waals surface area contributed by atoms with Crippen molar-refractivity contribution >= 4 is 23.1 Å². The Kier molecular flexibility index (Phi) is 6.20. The molecule has 0 saturated carbocycles. The lowest BCUT2D eigenvalue weighted by Gasteiger charge is -2.33. The summed E-state index contributed by atoms with van der Waals surface area (Å²) in [6.07, 6.45) is 8.03. The van der Waals surface area contributed by atoms with E-state index >= 15 is 0 Å². The topological polar surface area (TPSA) is 58.1 Å². The first-order chi connectivity index (χ1) is 14.2. The monoisotopic (exact) mass is 406 g/mol. The van der Waals surface area contributed by atoms with Crippen molar-refractivity contribution in [3.63, 3.8) is 0 Å². The van der Waals surface area contributed by atoms with Crippen LogP contribution in [0.25, 0.3) is 0 Å². The van der Waals surface area contributed by atoms with Gasteiger partial charge in [0, 0.05) is 30.4 Å². The summed E-state index contributed by atoms with van der Waals surface area (Å²) < 4.78 is 0. The third-order valence-corrected chi connectivity index (χ3v) is 6.44. The molecule has 0 bridgehead atoms. The molecular formula is C23H26N4OS. The van der Waals surface area contributed by atoms with E-state index in [-0.39, 0.29) is 17.9 Å². The Labute approximate surface area is 175 Å². The van der Waals surface area contributed by atoms with Gasteiger partial charge in [0.05, 0.1) is 18.2 Å². The van der Waals surface area contributed by atoms with E-state index in [1.54, 1.807) is 29.9 Å². The Balaban J connectivity index is 1.50. The average Bonchev–Trinajstić information content (AvgIpc) is 3.33. The Morgan fingerprint density at radius 1 is 1.28 bits per heavy atom. The van der Waals surface area contributed by atoms with Crippen LogP contribution in [0.15, 0.2) is 60.4 Å². The first-order valence-corrected chi connectivity index (χ1v) is 11.1. The molecule has 1 amide bonds. The average molecular weight is 407 g/mol. The van der Waals surface area contributed by atoms with Crippen molar-refractivity contribution in [2.45, 2.75) is 32.2 Å². The van der Waals surface area contributed by atoms with Crippen molar-refractivity contribution in [3.8, 4) is 0 Å². The van der Waals surface area contributed by atoms with Gasteiger partial charge in [0.1, 0.15) is 5.82 Å². The fraction of sp³-hybridized carbons (Fsp3) is 0.348. The van der Waals surface area contributed by atoms with Gasteiger partial charge < -0.3 is 10.2 Å². The van der Waals surface area contributed by atoms with Gasteiger partial charge in [-0.25, -0.2) is 4.98 Å². The molecule has 1 aliphatic heterocycles. The largest absolute Gasteiger partial charge is 0.355 e. The minimum Gasteiger partial charge on any atom is -0.355 e. The van der Waals surface area contributed by atoms with E-state index in [0.29, 0.717) is 6.54 Å². The second-order valence-electron chi connectivity index (χ2n) is 7.40. The second kappa shape index (κ2) is 9.18. The third kappa shape index (κ3) is 4.65. The maximum absolute atomic E-state index is 13.2. The van der Waals surface area contributed by atoms with Gasteiger partial charge in [-0.1, -0.05) is 37.3 Å². The number of aryl methyl sites for hydroxylation is 1. The molecule has 0 unspecified atom stereocenters. The number of amides is 1. The lowest BCUT2D eigenvalue weighted by molar-refractivity contribution is -0.125. The normalized spacial score (nSPS) is 17.7. The number of hydrogen-bond acceptors (Lipinski definition) is 5. The predicted octanol–water partition coefficient (Wildman–Crippen LogP) is 4.22. The minimum absolute atomic E-state index is 0.0527. The van der Waals surface area contributed by atoms with E-state index in [4.69, 9.17) is 0 Å². The maximum atomic E-state index is 13.2. The van der Waals surface area contributed by atoms with Crippen molar-refractivity contribution in [3.05, 3.63) is 76.4 Å². The first-order valence-electron chi connectivity index (χ1n) is 10.2. The fourth-order valence-corrected chi connectivity index (χ4v) is 4.64. The molecule has 1 saturated heterocycles. The first kappa shape index (κ1) is 19.6. The van der Waals surface area contributed by atoms with E-state index in [2.05, 4.69) is 62.8 Å². The maximum Gasteiger partial charge on any atom is 0.225 e. The zero-order chi connectivity index (χ0) is 20.1. The molecule has 150 valence electrons. The van der Waals surface area contributed by atoms with Crippen LogP contribution in [-0.4, -0.2) is 29.0 Å². The minimum atomic E-state index is -0.111. The van der Waals surface area contributed by atoms with E-state index < -0.39 is 0 Å². The van der Waals surface area contributed by atoms with Gasteiger partial charge in [0.25, 0.3) is 0 Å². The SMILES string of the molecule is CCc1ccc([C@@H](NC(=O)[C@H]2CCCN(c3cnccn3)C2)c2cccs2)cc1. The van der Waals surface area contributed by atoms with Crippen molar-refractivity contribution in [1.82, 2.24) is 15.3 Å². The molecule has 0 spiro atoms. The molecule has 29 heavy (non-hydrogen) atoms. The van der Waals surface area contributed by atoms with Crippen LogP contribution in [0.1, 0.15) is 41.8 Å². The zero-order valence-electron chi connectivity index (χ0n) is 16.6. The van der Waals surface area contributed by atoms with Crippen LogP contribution >= 0.6 is 11.3 Å². The highest BCUT2D eigenvalue weighted by Gasteiger charge is 2.29. The summed E-state index contributed by atoms with van der Waals surface area (Å²) in [7, 11) is 0. The van der Waals surface area contributed by atoms with Gasteiger partial charge in [-0.15, -0.1) is 11.3 Å². The number of carbonyl (C=O) groups excluding carboxylic acids is 1. The van der Waals surface area contributed by atoms with E-state index in [1.165, 1.54) is 5.56 Å². The predicted molar refractivity (Wildman–Crippen MR) is 117 cm³/mol. The van der Waals surface area contributed by atoms with Crippen LogP contribution in [-0.2, 0) is 11.2 Å². The molecular weight excluding hydrogens is 380 g/mol. The van der Waals surface area contributed by atoms with Crippen LogP contribution in [0.2, 0.25) is 0 Å². The molecule has 1 N–H and O–H groups in total. The summed E-state index contributed by atoms with van der Waals surface area (Å²) in [6, 6.07) is 12.6. The Hall–Kier alpha value is -2.73. The highest BCUT2D eigenvalue weighted by molar-refractivity contribution is 7.10. The number of nitrogens with one attached hydrogen (secondary N) is 1. The van der Waals surface area contributed by atoms with Gasteiger partial charge in [-0.2, -0.15) is 0 Å². The molecule has 3 heterocycles. The van der Waals surface area contributed by atoms with Crippen molar-refractivity contribution in [2.24, 2.45) is 5.92 Å². The summed E-state index contributed by atoms with van der Waals surface area (Å²) in [6.45, 7) is 3.74. The Morgan fingerprint density at radius 2 is 2.14 bits per heavy atom. The number of anilines is 1. The summed E-state index contributed by atoms with van der Waals surface area (Å²) in [5, 5.41) is 5.38. The molecule has 0 aliphatic carbocycles. The molecule has 1 aliphatic rings. The van der Waals surface area contributed by atoms with Crippen molar-refractivity contribution in [1.29, 1.82) is 0 Å². The van der Waals surface area contributed by atoms with Gasteiger partial charge in [-0.3, -0.25) is 9.78 Å². The van der Waals surface area contributed by atoms with E-state index in [0.717, 1.165) is 42.1 Å². The van der Waals surface area contributed by atoms with Crippen LogP contribution < -0.4 is 10.2 Å². The van der Waals surface area contributed by atoms with Gasteiger partial charge in [0.2, 0.25) is 5.91 Å². The third-order valence-electron chi connectivity index (χ3n) is 5.50. The molecule has 1 aromatic carbocycles. The molecule has 5 nitrogen and oxygen atoms in total. The number of rotatable bonds is 6. The number of hydrogen-bond donors (Lipinski definition) is 1. The van der Waals surface area contributed by atoms with Gasteiger partial charge in [0.15, 0.2) is 0 Å². The molecule has 3 aromatic rings. The highest BCUT2D eigenvalue weighted by Crippen LogP contribution is 2.28. The standard InChI is InChI=1S/C23H26N4OS/c1-2-17-7-9-18(10-8-17)22(20-6-4-14-29-20)26-23(28)19-5-3-13-27(16-19)21-15-24-11-12-25-21/h4,6-12,14-15,19,22H,2-3,5,13,16H2,1H3,(H,26,28)/t19-,22+/m0/s1. The summed E-state index contributed by atoms with van der Waals surface area (Å²) >= 11 is 1.68. The van der Waals surface area contributed by atoms with Crippen LogP contribution in [0.4, 0.5) is 5.82 Å². The molecule has 2 atom stereocenters. The smallest absolute Gasteiger partial charge is 0.225 e. The van der Waals surface area contributed by atoms with Gasteiger partial charge >= 0.3 is 0 Å². The Bertz CT molecular complexity index is 912. The number of aromatic nitrogens is 2. The van der Waals surface area contributed by atoms with E-state index in [1.807, 2.05) is 6.07 Å². The number of carbonyl (C=O) groups is 1. The second-order valence-corrected chi connectivity index (χ2v) is 8.38. The number of thiophene rings is 1. The molecule has 2 aromatic heterocycles. The number of benzene rings is 1. The number of nitrogens with zero attached hydrogens (tertiary/aromatic N) is 3. The zero-order valence-corrected chi connectivity index (χ0v) is 17.4. The van der Waals surface area contributed by atoms with Crippen molar-refractivity contribution < 1.29 is 4.79 Å². The highest BCUT2D eigenvalue weighted by atomic mass is 32.1. The molecule has 6 heteroatoms. The fourth-order valence-electron chi connectivity index (χ4n) is 3.83. The lowest BCUT2D eigenvalue weighted by Crippen LogP contribution is -2.44. The van der Waals surface area contributed by atoms with Crippen LogP contribution in [0, 0.1) is 5.92 Å². The van der Waals surface area contributed by atoms with Crippen molar-refractivity contribution in [2.75, 3.05) is 18.0 Å².